The number of nitrogens with one attached hydrogen (secondary N) is 1. The van der Waals surface area contributed by atoms with Crippen LogP contribution in [-0.4, -0.2) is 27.7 Å². The van der Waals surface area contributed by atoms with E-state index < -0.39 is 0 Å². The monoisotopic (exact) mass is 332 g/mol. The zero-order chi connectivity index (χ0) is 16.4. The molecule has 3 aromatic rings. The van der Waals surface area contributed by atoms with Crippen LogP contribution in [0.15, 0.2) is 41.5 Å². The Balaban J connectivity index is 2.03. The second-order valence-electron chi connectivity index (χ2n) is 5.35. The molecule has 2 heterocycles. The van der Waals surface area contributed by atoms with Crippen LogP contribution in [0.25, 0.3) is 16.8 Å². The Bertz CT molecular complexity index is 898. The van der Waals surface area contributed by atoms with Gasteiger partial charge in [0.25, 0.3) is 5.56 Å². The largest absolute Gasteiger partial charge is 0.492 e. The van der Waals surface area contributed by atoms with Gasteiger partial charge in [0.05, 0.1) is 18.5 Å². The third-order valence-electron chi connectivity index (χ3n) is 3.63. The number of rotatable bonds is 5. The Labute approximate surface area is 138 Å². The first-order chi connectivity index (χ1) is 11.1. The van der Waals surface area contributed by atoms with Crippen molar-refractivity contribution in [2.45, 2.75) is 13.3 Å². The summed E-state index contributed by atoms with van der Waals surface area (Å²) in [5, 5.41) is 9.41. The normalized spacial score (nSPS) is 11.1. The van der Waals surface area contributed by atoms with E-state index in [-0.39, 0.29) is 12.2 Å². The molecule has 0 aliphatic carbocycles. The van der Waals surface area contributed by atoms with Gasteiger partial charge < -0.3 is 19.2 Å². The summed E-state index contributed by atoms with van der Waals surface area (Å²) in [5.74, 6) is 0.601. The number of halogens is 1. The third-order valence-corrected chi connectivity index (χ3v) is 3.87. The molecule has 0 aliphatic rings. The summed E-state index contributed by atoms with van der Waals surface area (Å²) in [4.78, 5) is 15.2. The van der Waals surface area contributed by atoms with Crippen molar-refractivity contribution in [1.29, 1.82) is 0 Å². The van der Waals surface area contributed by atoms with Gasteiger partial charge in [0.2, 0.25) is 0 Å². The number of aromatic nitrogens is 2. The lowest BCUT2D eigenvalue weighted by Crippen LogP contribution is -2.10. The highest BCUT2D eigenvalue weighted by Crippen LogP contribution is 2.25. The predicted molar refractivity (Wildman–Crippen MR) is 90.4 cm³/mol. The number of ether oxygens (including phenoxy) is 1. The van der Waals surface area contributed by atoms with E-state index in [2.05, 4.69) is 4.98 Å². The van der Waals surface area contributed by atoms with Crippen LogP contribution < -0.4 is 10.3 Å². The molecule has 0 atom stereocenters. The summed E-state index contributed by atoms with van der Waals surface area (Å²) >= 11 is 6.06. The number of nitrogens with zero attached hydrogens (tertiary/aromatic N) is 1. The fourth-order valence-electron chi connectivity index (χ4n) is 2.46. The highest BCUT2D eigenvalue weighted by atomic mass is 35.5. The number of aliphatic hydroxyl groups excluding tert-OH is 1. The number of aryl methyl sites for hydroxylation is 1. The predicted octanol–water partition coefficient (Wildman–Crippen LogP) is 3.02. The minimum atomic E-state index is -0.195. The molecule has 0 unspecified atom stereocenters. The first-order valence-electron chi connectivity index (χ1n) is 7.33. The maximum Gasteiger partial charge on any atom is 0.272 e. The molecule has 3 rings (SSSR count). The molecule has 0 saturated carbocycles. The second kappa shape index (κ2) is 6.48. The average Bonchev–Trinajstić information content (AvgIpc) is 2.93. The molecule has 1 aromatic carbocycles. The molecule has 0 saturated heterocycles. The molecule has 5 nitrogen and oxygen atoms in total. The van der Waals surface area contributed by atoms with Gasteiger partial charge >= 0.3 is 0 Å². The van der Waals surface area contributed by atoms with Crippen LogP contribution in [0.3, 0.4) is 0 Å². The number of H-pyrrole nitrogens is 1. The number of aliphatic hydroxyl groups is 1. The van der Waals surface area contributed by atoms with Gasteiger partial charge in [-0.1, -0.05) is 17.7 Å². The molecule has 6 heteroatoms. The smallest absolute Gasteiger partial charge is 0.272 e. The molecular weight excluding hydrogens is 316 g/mol. The Morgan fingerprint density at radius 3 is 2.91 bits per heavy atom. The molecule has 0 aliphatic heterocycles. The molecule has 120 valence electrons. The quantitative estimate of drug-likeness (QED) is 0.706. The van der Waals surface area contributed by atoms with Crippen LogP contribution in [0.1, 0.15) is 12.0 Å². The molecular formula is C17H17ClN2O3. The van der Waals surface area contributed by atoms with Gasteiger partial charge in [0, 0.05) is 35.9 Å². The fourth-order valence-corrected chi connectivity index (χ4v) is 2.63. The van der Waals surface area contributed by atoms with Crippen molar-refractivity contribution in [3.8, 4) is 17.0 Å². The van der Waals surface area contributed by atoms with Crippen molar-refractivity contribution in [3.05, 3.63) is 57.6 Å². The molecule has 0 bridgehead atoms. The van der Waals surface area contributed by atoms with Crippen molar-refractivity contribution in [1.82, 2.24) is 9.38 Å². The number of aromatic amines is 1. The summed E-state index contributed by atoms with van der Waals surface area (Å²) in [6.07, 6.45) is 4.15. The topological polar surface area (TPSA) is 66.7 Å². The highest BCUT2D eigenvalue weighted by Gasteiger charge is 2.09. The maximum atomic E-state index is 12.3. The number of hydrogen-bond acceptors (Lipinski definition) is 3. The first-order valence-corrected chi connectivity index (χ1v) is 7.71. The lowest BCUT2D eigenvalue weighted by atomic mass is 10.1. The van der Waals surface area contributed by atoms with Gasteiger partial charge in [0.15, 0.2) is 0 Å². The third kappa shape index (κ3) is 3.25. The Kier molecular flexibility index (Phi) is 4.41. The van der Waals surface area contributed by atoms with E-state index in [1.54, 1.807) is 16.7 Å². The molecule has 0 amide bonds. The summed E-state index contributed by atoms with van der Waals surface area (Å²) in [6.45, 7) is 2.45. The second-order valence-corrected chi connectivity index (χ2v) is 5.79. The van der Waals surface area contributed by atoms with E-state index in [4.69, 9.17) is 21.4 Å². The van der Waals surface area contributed by atoms with E-state index in [1.165, 1.54) is 0 Å². The molecule has 0 fully saturated rings. The SMILES string of the molecule is Cc1ccc(Cl)cc1-c1cn2cc(OCCCO)cc2c(=O)[nH]1. The summed E-state index contributed by atoms with van der Waals surface area (Å²) in [7, 11) is 0. The molecule has 2 N–H and O–H groups in total. The van der Waals surface area contributed by atoms with Crippen molar-refractivity contribution in [3.63, 3.8) is 0 Å². The Hall–Kier alpha value is -2.24. The average molecular weight is 333 g/mol. The van der Waals surface area contributed by atoms with Gasteiger partial charge in [-0.15, -0.1) is 0 Å². The van der Waals surface area contributed by atoms with Crippen LogP contribution >= 0.6 is 11.6 Å². The lowest BCUT2D eigenvalue weighted by Gasteiger charge is -2.07. The van der Waals surface area contributed by atoms with Gasteiger partial charge in [-0.05, 0) is 24.6 Å². The number of hydrogen-bond donors (Lipinski definition) is 2. The summed E-state index contributed by atoms with van der Waals surface area (Å²) in [5.41, 5.74) is 2.91. The van der Waals surface area contributed by atoms with Crippen molar-refractivity contribution >= 4 is 17.1 Å². The molecule has 0 spiro atoms. The molecule has 2 aromatic heterocycles. The van der Waals surface area contributed by atoms with Crippen molar-refractivity contribution in [2.24, 2.45) is 0 Å². The summed E-state index contributed by atoms with van der Waals surface area (Å²) in [6, 6.07) is 7.25. The fraction of sp³-hybridized carbons (Fsp3) is 0.235. The molecule has 0 radical (unpaired) electrons. The lowest BCUT2D eigenvalue weighted by molar-refractivity contribution is 0.233. The highest BCUT2D eigenvalue weighted by molar-refractivity contribution is 6.30. The van der Waals surface area contributed by atoms with E-state index in [9.17, 15) is 4.79 Å². The first kappa shape index (κ1) is 15.6. The van der Waals surface area contributed by atoms with Crippen LogP contribution in [-0.2, 0) is 0 Å². The van der Waals surface area contributed by atoms with Crippen LogP contribution in [0.5, 0.6) is 5.75 Å². The van der Waals surface area contributed by atoms with E-state index in [0.717, 1.165) is 11.1 Å². The Morgan fingerprint density at radius 1 is 1.30 bits per heavy atom. The standard InChI is InChI=1S/C17H17ClN2O3/c1-11-3-4-12(18)7-14(11)15-10-20-9-13(23-6-2-5-21)8-16(20)17(22)19-15/h3-4,7-10,21H,2,5-6H2,1H3,(H,19,22). The van der Waals surface area contributed by atoms with Gasteiger partial charge in [-0.2, -0.15) is 0 Å². The minimum Gasteiger partial charge on any atom is -0.492 e. The number of benzene rings is 1. The van der Waals surface area contributed by atoms with Gasteiger partial charge in [0.1, 0.15) is 11.3 Å². The van der Waals surface area contributed by atoms with Crippen LogP contribution in [0, 0.1) is 6.92 Å². The van der Waals surface area contributed by atoms with E-state index in [1.807, 2.05) is 31.3 Å². The van der Waals surface area contributed by atoms with E-state index in [0.29, 0.717) is 35.0 Å². The van der Waals surface area contributed by atoms with Gasteiger partial charge in [-0.3, -0.25) is 4.79 Å². The van der Waals surface area contributed by atoms with Crippen LogP contribution in [0.4, 0.5) is 0 Å². The van der Waals surface area contributed by atoms with Crippen molar-refractivity contribution < 1.29 is 9.84 Å². The maximum absolute atomic E-state index is 12.3. The minimum absolute atomic E-state index is 0.0755. The van der Waals surface area contributed by atoms with E-state index >= 15 is 0 Å². The summed E-state index contributed by atoms with van der Waals surface area (Å²) < 4.78 is 7.26. The van der Waals surface area contributed by atoms with Crippen LogP contribution in [0.2, 0.25) is 5.02 Å². The molecule has 23 heavy (non-hydrogen) atoms. The van der Waals surface area contributed by atoms with Crippen molar-refractivity contribution in [2.75, 3.05) is 13.2 Å². The Morgan fingerprint density at radius 2 is 2.13 bits per heavy atom. The zero-order valence-electron chi connectivity index (χ0n) is 12.7. The number of fused-ring (bicyclic) bond motifs is 1. The zero-order valence-corrected chi connectivity index (χ0v) is 13.4. The van der Waals surface area contributed by atoms with Gasteiger partial charge in [-0.25, -0.2) is 0 Å².